The van der Waals surface area contributed by atoms with Gasteiger partial charge in [-0.1, -0.05) is 25.6 Å². The van der Waals surface area contributed by atoms with Crippen LogP contribution >= 0.6 is 11.8 Å². The second-order valence-corrected chi connectivity index (χ2v) is 3.47. The van der Waals surface area contributed by atoms with E-state index in [-0.39, 0.29) is 6.29 Å². The quantitative estimate of drug-likeness (QED) is 0.399. The molecule has 0 fully saturated rings. The number of carbonyl (C=O) groups excluding carboxylic acids is 2. The molecule has 0 aliphatic heterocycles. The van der Waals surface area contributed by atoms with E-state index in [4.69, 9.17) is 10.8 Å². The number of aldehydes is 1. The monoisotopic (exact) mass is 235 g/mol. The number of carboxylic acid groups (broad SMARTS) is 1. The fourth-order valence-corrected chi connectivity index (χ4v) is 1.21. The predicted molar refractivity (Wildman–Crippen MR) is 59.7 cm³/mol. The molecule has 0 aromatic carbocycles. The highest BCUT2D eigenvalue weighted by Gasteiger charge is 2.10. The van der Waals surface area contributed by atoms with Gasteiger partial charge in [0.25, 0.3) is 5.12 Å². The SMILES string of the molecule is CC.NC(CCCSC(=O)C=O)C(=O)O. The second-order valence-electron chi connectivity index (χ2n) is 2.37. The third-order valence-corrected chi connectivity index (χ3v) is 2.19. The van der Waals surface area contributed by atoms with Gasteiger partial charge in [-0.3, -0.25) is 14.4 Å². The van der Waals surface area contributed by atoms with Gasteiger partial charge in [0.2, 0.25) is 0 Å². The molecular weight excluding hydrogens is 218 g/mol. The molecule has 88 valence electrons. The highest BCUT2D eigenvalue weighted by molar-refractivity contribution is 8.15. The molecule has 15 heavy (non-hydrogen) atoms. The predicted octanol–water partition coefficient (Wildman–Crippen LogP) is 0.663. The van der Waals surface area contributed by atoms with E-state index in [1.807, 2.05) is 13.8 Å². The summed E-state index contributed by atoms with van der Waals surface area (Å²) < 4.78 is 0. The van der Waals surface area contributed by atoms with E-state index in [2.05, 4.69) is 0 Å². The molecule has 6 heteroatoms. The first-order chi connectivity index (χ1) is 7.07. The van der Waals surface area contributed by atoms with Gasteiger partial charge in [0, 0.05) is 5.75 Å². The lowest BCUT2D eigenvalue weighted by Gasteiger charge is -2.03. The van der Waals surface area contributed by atoms with Crippen LogP contribution in [0.25, 0.3) is 0 Å². The van der Waals surface area contributed by atoms with Crippen LogP contribution in [0.2, 0.25) is 0 Å². The van der Waals surface area contributed by atoms with Gasteiger partial charge >= 0.3 is 5.97 Å². The minimum absolute atomic E-state index is 0.238. The van der Waals surface area contributed by atoms with Gasteiger partial charge in [-0.2, -0.15) is 0 Å². The Morgan fingerprint density at radius 1 is 1.47 bits per heavy atom. The number of rotatable bonds is 6. The van der Waals surface area contributed by atoms with Gasteiger partial charge in [-0.25, -0.2) is 0 Å². The number of nitrogens with two attached hydrogens (primary N) is 1. The molecule has 0 saturated heterocycles. The molecular formula is C9H17NO4S. The Labute approximate surface area is 93.4 Å². The van der Waals surface area contributed by atoms with Gasteiger partial charge in [0.15, 0.2) is 6.29 Å². The number of carboxylic acids is 1. The lowest BCUT2D eigenvalue weighted by Crippen LogP contribution is -2.29. The van der Waals surface area contributed by atoms with Crippen molar-refractivity contribution < 1.29 is 19.5 Å². The van der Waals surface area contributed by atoms with Crippen molar-refractivity contribution in [3.8, 4) is 0 Å². The van der Waals surface area contributed by atoms with Gasteiger partial charge in [-0.05, 0) is 12.8 Å². The van der Waals surface area contributed by atoms with Crippen LogP contribution in [-0.4, -0.2) is 34.3 Å². The van der Waals surface area contributed by atoms with Crippen molar-refractivity contribution in [3.05, 3.63) is 0 Å². The van der Waals surface area contributed by atoms with Crippen molar-refractivity contribution in [1.82, 2.24) is 0 Å². The third kappa shape index (κ3) is 11.0. The topological polar surface area (TPSA) is 97.5 Å². The Kier molecular flexibility index (Phi) is 12.4. The summed E-state index contributed by atoms with van der Waals surface area (Å²) in [5.41, 5.74) is 5.20. The van der Waals surface area contributed by atoms with Crippen molar-refractivity contribution in [1.29, 1.82) is 0 Å². The fourth-order valence-electron chi connectivity index (χ4n) is 0.634. The molecule has 1 atom stereocenters. The lowest BCUT2D eigenvalue weighted by molar-refractivity contribution is -0.138. The molecule has 3 N–H and O–H groups in total. The van der Waals surface area contributed by atoms with Crippen molar-refractivity contribution >= 4 is 29.1 Å². The fraction of sp³-hybridized carbons (Fsp3) is 0.667. The molecule has 0 aromatic rings. The summed E-state index contributed by atoms with van der Waals surface area (Å²) in [4.78, 5) is 30.5. The maximum atomic E-state index is 10.4. The van der Waals surface area contributed by atoms with Crippen molar-refractivity contribution in [2.24, 2.45) is 5.73 Å². The summed E-state index contributed by atoms with van der Waals surface area (Å²) in [5, 5.41) is 7.84. The summed E-state index contributed by atoms with van der Waals surface area (Å²) in [7, 11) is 0. The summed E-state index contributed by atoms with van der Waals surface area (Å²) in [6.07, 6.45) is 1.06. The summed E-state index contributed by atoms with van der Waals surface area (Å²) in [6.45, 7) is 4.00. The average Bonchev–Trinajstić information content (AvgIpc) is 2.26. The molecule has 0 bridgehead atoms. The third-order valence-electron chi connectivity index (χ3n) is 1.32. The maximum absolute atomic E-state index is 10.4. The highest BCUT2D eigenvalue weighted by atomic mass is 32.2. The molecule has 0 spiro atoms. The zero-order valence-electron chi connectivity index (χ0n) is 8.93. The van der Waals surface area contributed by atoms with Gasteiger partial charge in [-0.15, -0.1) is 0 Å². The van der Waals surface area contributed by atoms with E-state index < -0.39 is 17.1 Å². The molecule has 0 rings (SSSR count). The Morgan fingerprint density at radius 3 is 2.40 bits per heavy atom. The second kappa shape index (κ2) is 11.2. The largest absolute Gasteiger partial charge is 0.480 e. The number of aliphatic carboxylic acids is 1. The molecule has 0 aliphatic carbocycles. The van der Waals surface area contributed by atoms with E-state index in [1.165, 1.54) is 0 Å². The van der Waals surface area contributed by atoms with E-state index in [9.17, 15) is 14.4 Å². The Morgan fingerprint density at radius 2 is 2.00 bits per heavy atom. The summed E-state index contributed by atoms with van der Waals surface area (Å²) in [5.74, 6) is -0.620. The minimum Gasteiger partial charge on any atom is -0.480 e. The molecule has 0 aromatic heterocycles. The molecule has 1 unspecified atom stereocenters. The van der Waals surface area contributed by atoms with Crippen LogP contribution in [0.5, 0.6) is 0 Å². The minimum atomic E-state index is -1.05. The van der Waals surface area contributed by atoms with E-state index >= 15 is 0 Å². The van der Waals surface area contributed by atoms with E-state index in [0.717, 1.165) is 11.8 Å². The Bertz CT molecular complexity index is 208. The van der Waals surface area contributed by atoms with Crippen molar-refractivity contribution in [2.75, 3.05) is 5.75 Å². The molecule has 0 saturated carbocycles. The van der Waals surface area contributed by atoms with Crippen molar-refractivity contribution in [2.45, 2.75) is 32.7 Å². The first-order valence-electron chi connectivity index (χ1n) is 4.68. The molecule has 5 nitrogen and oxygen atoms in total. The van der Waals surface area contributed by atoms with Gasteiger partial charge in [0.05, 0.1) is 0 Å². The van der Waals surface area contributed by atoms with Crippen LogP contribution in [0.4, 0.5) is 0 Å². The van der Waals surface area contributed by atoms with Gasteiger partial charge < -0.3 is 10.8 Å². The average molecular weight is 235 g/mol. The summed E-state index contributed by atoms with van der Waals surface area (Å²) >= 11 is 0.875. The van der Waals surface area contributed by atoms with Crippen LogP contribution in [0.1, 0.15) is 26.7 Å². The van der Waals surface area contributed by atoms with Crippen LogP contribution in [-0.2, 0) is 14.4 Å². The van der Waals surface area contributed by atoms with Crippen LogP contribution in [0, 0.1) is 0 Å². The number of hydrogen-bond acceptors (Lipinski definition) is 5. The first kappa shape index (κ1) is 16.5. The Balaban J connectivity index is 0. The maximum Gasteiger partial charge on any atom is 0.320 e. The van der Waals surface area contributed by atoms with Crippen LogP contribution in [0.3, 0.4) is 0 Å². The zero-order chi connectivity index (χ0) is 12.3. The van der Waals surface area contributed by atoms with Crippen molar-refractivity contribution in [3.63, 3.8) is 0 Å². The lowest BCUT2D eigenvalue weighted by atomic mass is 10.2. The van der Waals surface area contributed by atoms with E-state index in [1.54, 1.807) is 0 Å². The summed E-state index contributed by atoms with van der Waals surface area (Å²) in [6, 6.07) is -0.882. The molecule has 0 radical (unpaired) electrons. The number of carbonyl (C=O) groups is 3. The molecule has 0 heterocycles. The molecule has 0 amide bonds. The van der Waals surface area contributed by atoms with Crippen LogP contribution in [0.15, 0.2) is 0 Å². The smallest absolute Gasteiger partial charge is 0.320 e. The number of hydrogen-bond donors (Lipinski definition) is 2. The first-order valence-corrected chi connectivity index (χ1v) is 5.66. The van der Waals surface area contributed by atoms with E-state index in [0.29, 0.717) is 18.6 Å². The standard InChI is InChI=1S/C7H11NO4S.C2H6/c8-5(7(11)12)2-1-3-13-6(10)4-9;1-2/h4-5H,1-3,8H2,(H,11,12);1-2H3. The highest BCUT2D eigenvalue weighted by Crippen LogP contribution is 2.05. The number of thioether (sulfide) groups is 1. The zero-order valence-corrected chi connectivity index (χ0v) is 9.75. The Hall–Kier alpha value is -0.880. The normalized spacial score (nSPS) is 10.9. The van der Waals surface area contributed by atoms with Gasteiger partial charge in [0.1, 0.15) is 6.04 Å². The van der Waals surface area contributed by atoms with Crippen LogP contribution < -0.4 is 5.73 Å². The molecule has 0 aliphatic rings.